The van der Waals surface area contributed by atoms with Crippen LogP contribution in [-0.2, 0) is 22.5 Å². The molecule has 6 heteroatoms. The fraction of sp³-hybridized carbons (Fsp3) is 0.318. The third-order valence-electron chi connectivity index (χ3n) is 4.89. The number of fused-ring (bicyclic) bond motifs is 1. The van der Waals surface area contributed by atoms with Crippen molar-refractivity contribution in [3.63, 3.8) is 0 Å². The summed E-state index contributed by atoms with van der Waals surface area (Å²) in [6.45, 7) is 5.30. The fourth-order valence-corrected chi connectivity index (χ4v) is 3.48. The van der Waals surface area contributed by atoms with Gasteiger partial charge in [0.25, 0.3) is 0 Å². The summed E-state index contributed by atoms with van der Waals surface area (Å²) in [4.78, 5) is 23.8. The summed E-state index contributed by atoms with van der Waals surface area (Å²) in [6, 6.07) is 16.1. The van der Waals surface area contributed by atoms with Crippen LogP contribution in [0, 0.1) is 6.92 Å². The Hall–Kier alpha value is -2.99. The van der Waals surface area contributed by atoms with Crippen molar-refractivity contribution < 1.29 is 9.53 Å². The van der Waals surface area contributed by atoms with Crippen molar-refractivity contribution in [2.45, 2.75) is 19.9 Å². The second-order valence-corrected chi connectivity index (χ2v) is 6.99. The van der Waals surface area contributed by atoms with Crippen LogP contribution in [0.25, 0.3) is 10.8 Å². The van der Waals surface area contributed by atoms with E-state index >= 15 is 0 Å². The van der Waals surface area contributed by atoms with Gasteiger partial charge in [-0.1, -0.05) is 42.5 Å². The van der Waals surface area contributed by atoms with Crippen LogP contribution < -0.4 is 10.2 Å². The van der Waals surface area contributed by atoms with Crippen LogP contribution in [0.3, 0.4) is 0 Å². The van der Waals surface area contributed by atoms with Crippen LogP contribution >= 0.6 is 0 Å². The number of benzene rings is 2. The predicted molar refractivity (Wildman–Crippen MR) is 109 cm³/mol. The molecule has 2 aromatic carbocycles. The molecule has 0 saturated carbocycles. The number of hydrogen-bond donors (Lipinski definition) is 1. The van der Waals surface area contributed by atoms with E-state index in [2.05, 4.69) is 38.4 Å². The van der Waals surface area contributed by atoms with Crippen molar-refractivity contribution in [1.29, 1.82) is 0 Å². The summed E-state index contributed by atoms with van der Waals surface area (Å²) in [5.74, 6) is 0.696. The first-order chi connectivity index (χ1) is 13.7. The third-order valence-corrected chi connectivity index (χ3v) is 4.89. The maximum Gasteiger partial charge on any atom is 0.225 e. The van der Waals surface area contributed by atoms with Gasteiger partial charge < -0.3 is 15.0 Å². The van der Waals surface area contributed by atoms with Crippen molar-refractivity contribution in [3.05, 3.63) is 65.5 Å². The molecule has 0 spiro atoms. The van der Waals surface area contributed by atoms with E-state index in [1.807, 2.05) is 37.3 Å². The maximum atomic E-state index is 12.5. The Morgan fingerprint density at radius 3 is 2.75 bits per heavy atom. The van der Waals surface area contributed by atoms with E-state index in [9.17, 15) is 4.79 Å². The lowest BCUT2D eigenvalue weighted by Crippen LogP contribution is -2.37. The van der Waals surface area contributed by atoms with E-state index in [0.29, 0.717) is 32.1 Å². The monoisotopic (exact) mass is 376 g/mol. The number of aromatic nitrogens is 2. The highest BCUT2D eigenvalue weighted by Gasteiger charge is 2.15. The standard InChI is InChI=1S/C22H24N4O2/c1-16-13-19(25-22(24-16)26-9-11-28-12-10-26)15-23-21(27)14-18-7-4-6-17-5-2-3-8-20(17)18/h2-8,13H,9-12,14-15H2,1H3,(H,23,27). The summed E-state index contributed by atoms with van der Waals surface area (Å²) in [6.07, 6.45) is 0.349. The van der Waals surface area contributed by atoms with Crippen LogP contribution in [-0.4, -0.2) is 42.2 Å². The second kappa shape index (κ2) is 8.35. The normalized spacial score (nSPS) is 14.2. The van der Waals surface area contributed by atoms with Crippen molar-refractivity contribution in [2.75, 3.05) is 31.2 Å². The highest BCUT2D eigenvalue weighted by molar-refractivity contribution is 5.90. The van der Waals surface area contributed by atoms with Gasteiger partial charge in [0.05, 0.1) is 31.9 Å². The van der Waals surface area contributed by atoms with Gasteiger partial charge in [-0.2, -0.15) is 0 Å². The van der Waals surface area contributed by atoms with Crippen molar-refractivity contribution in [3.8, 4) is 0 Å². The van der Waals surface area contributed by atoms with E-state index < -0.39 is 0 Å². The molecule has 0 unspecified atom stereocenters. The number of rotatable bonds is 5. The molecule has 1 aliphatic rings. The molecule has 2 heterocycles. The first-order valence-electron chi connectivity index (χ1n) is 9.59. The molecule has 1 saturated heterocycles. The Kier molecular flexibility index (Phi) is 5.48. The summed E-state index contributed by atoms with van der Waals surface area (Å²) >= 11 is 0. The Morgan fingerprint density at radius 2 is 1.89 bits per heavy atom. The van der Waals surface area contributed by atoms with Gasteiger partial charge in [-0.05, 0) is 29.3 Å². The number of carbonyl (C=O) groups is 1. The number of aryl methyl sites for hydroxylation is 1. The van der Waals surface area contributed by atoms with Crippen LogP contribution in [0.2, 0.25) is 0 Å². The molecule has 6 nitrogen and oxygen atoms in total. The number of anilines is 1. The zero-order valence-electron chi connectivity index (χ0n) is 16.0. The molecule has 1 amide bonds. The van der Waals surface area contributed by atoms with Crippen LogP contribution in [0.4, 0.5) is 5.95 Å². The number of hydrogen-bond acceptors (Lipinski definition) is 5. The Balaban J connectivity index is 1.42. The van der Waals surface area contributed by atoms with E-state index in [-0.39, 0.29) is 5.91 Å². The number of nitrogens with one attached hydrogen (secondary N) is 1. The molecule has 4 rings (SSSR count). The van der Waals surface area contributed by atoms with Gasteiger partial charge in [-0.3, -0.25) is 4.79 Å². The van der Waals surface area contributed by atoms with Gasteiger partial charge in [-0.15, -0.1) is 0 Å². The molecular formula is C22H24N4O2. The molecule has 0 atom stereocenters. The van der Waals surface area contributed by atoms with Crippen molar-refractivity contribution in [1.82, 2.24) is 15.3 Å². The molecule has 0 bridgehead atoms. The average molecular weight is 376 g/mol. The first-order valence-corrected chi connectivity index (χ1v) is 9.59. The van der Waals surface area contributed by atoms with Crippen LogP contribution in [0.15, 0.2) is 48.5 Å². The quantitative estimate of drug-likeness (QED) is 0.741. The molecule has 28 heavy (non-hydrogen) atoms. The van der Waals surface area contributed by atoms with Gasteiger partial charge in [0.1, 0.15) is 0 Å². The van der Waals surface area contributed by atoms with Gasteiger partial charge in [0.2, 0.25) is 11.9 Å². The number of ether oxygens (including phenoxy) is 1. The van der Waals surface area contributed by atoms with Crippen LogP contribution in [0.1, 0.15) is 17.0 Å². The topological polar surface area (TPSA) is 67.4 Å². The highest BCUT2D eigenvalue weighted by Crippen LogP contribution is 2.19. The first kappa shape index (κ1) is 18.4. The van der Waals surface area contributed by atoms with E-state index in [1.54, 1.807) is 0 Å². The molecule has 1 aromatic heterocycles. The molecule has 0 radical (unpaired) electrons. The average Bonchev–Trinajstić information content (AvgIpc) is 2.73. The van der Waals surface area contributed by atoms with Crippen LogP contribution in [0.5, 0.6) is 0 Å². The van der Waals surface area contributed by atoms with E-state index in [0.717, 1.165) is 40.8 Å². The number of nitrogens with zero attached hydrogens (tertiary/aromatic N) is 3. The summed E-state index contributed by atoms with van der Waals surface area (Å²) in [5.41, 5.74) is 2.75. The molecule has 1 N–H and O–H groups in total. The molecule has 144 valence electrons. The summed E-state index contributed by atoms with van der Waals surface area (Å²) < 4.78 is 5.39. The minimum atomic E-state index is -0.0134. The number of carbonyl (C=O) groups excluding carboxylic acids is 1. The minimum absolute atomic E-state index is 0.0134. The number of amides is 1. The van der Waals surface area contributed by atoms with E-state index in [1.165, 1.54) is 0 Å². The second-order valence-electron chi connectivity index (χ2n) is 6.99. The lowest BCUT2D eigenvalue weighted by Gasteiger charge is -2.27. The lowest BCUT2D eigenvalue weighted by molar-refractivity contribution is -0.120. The van der Waals surface area contributed by atoms with E-state index in [4.69, 9.17) is 4.74 Å². The lowest BCUT2D eigenvalue weighted by atomic mass is 10.0. The molecule has 3 aromatic rings. The SMILES string of the molecule is Cc1cc(CNC(=O)Cc2cccc3ccccc23)nc(N2CCOCC2)n1. The van der Waals surface area contributed by atoms with Gasteiger partial charge in [0.15, 0.2) is 0 Å². The molecular weight excluding hydrogens is 352 g/mol. The summed E-state index contributed by atoms with van der Waals surface area (Å²) in [7, 11) is 0. The maximum absolute atomic E-state index is 12.5. The molecule has 1 fully saturated rings. The smallest absolute Gasteiger partial charge is 0.225 e. The summed E-state index contributed by atoms with van der Waals surface area (Å²) in [5, 5.41) is 5.26. The minimum Gasteiger partial charge on any atom is -0.378 e. The Morgan fingerprint density at radius 1 is 1.11 bits per heavy atom. The van der Waals surface area contributed by atoms with Gasteiger partial charge >= 0.3 is 0 Å². The largest absolute Gasteiger partial charge is 0.378 e. The van der Waals surface area contributed by atoms with Gasteiger partial charge in [0, 0.05) is 18.8 Å². The van der Waals surface area contributed by atoms with Gasteiger partial charge in [-0.25, -0.2) is 9.97 Å². The van der Waals surface area contributed by atoms with Crippen molar-refractivity contribution >= 4 is 22.6 Å². The molecule has 0 aliphatic carbocycles. The molecule has 1 aliphatic heterocycles. The Labute approximate surface area is 164 Å². The zero-order valence-corrected chi connectivity index (χ0v) is 16.0. The third kappa shape index (κ3) is 4.28. The zero-order chi connectivity index (χ0) is 19.3. The fourth-order valence-electron chi connectivity index (χ4n) is 3.48. The predicted octanol–water partition coefficient (Wildman–Crippen LogP) is 2.63. The Bertz CT molecular complexity index is 978. The number of morpholine rings is 1. The van der Waals surface area contributed by atoms with Crippen molar-refractivity contribution in [2.24, 2.45) is 0 Å². The highest BCUT2D eigenvalue weighted by atomic mass is 16.5.